The lowest BCUT2D eigenvalue weighted by Crippen LogP contribution is -2.37. The van der Waals surface area contributed by atoms with Crippen LogP contribution in [0.2, 0.25) is 0 Å². The number of rotatable bonds is 0. The van der Waals surface area contributed by atoms with Crippen molar-refractivity contribution in [1.29, 1.82) is 0 Å². The lowest BCUT2D eigenvalue weighted by atomic mass is 10.7. The van der Waals surface area contributed by atoms with Crippen molar-refractivity contribution in [3.63, 3.8) is 0 Å². The summed E-state index contributed by atoms with van der Waals surface area (Å²) in [7, 11) is -3.67. The van der Waals surface area contributed by atoms with Crippen molar-refractivity contribution < 1.29 is 13.0 Å². The fourth-order valence-electron chi connectivity index (χ4n) is 0.306. The maximum Gasteiger partial charge on any atom is 0.261 e. The highest BCUT2D eigenvalue weighted by Gasteiger charge is 1.85. The summed E-state index contributed by atoms with van der Waals surface area (Å²) in [6, 6.07) is 0. The van der Waals surface area contributed by atoms with E-state index in [-0.39, 0.29) is 0 Å². The number of nitrogens with one attached hydrogen (secondary N) is 1. The van der Waals surface area contributed by atoms with Crippen LogP contribution in [0, 0.1) is 0 Å². The molecule has 0 aromatic carbocycles. The Hall–Kier alpha value is -1.12. The number of nitrogens with zero attached hydrogens (tertiary/aromatic N) is 2. The van der Waals surface area contributed by atoms with Gasteiger partial charge in [0.1, 0.15) is 0 Å². The molecule has 1 rings (SSSR count). The second kappa shape index (κ2) is 4.70. The second-order valence-electron chi connectivity index (χ2n) is 1.83. The first-order valence-electron chi connectivity index (χ1n) is 2.82. The molecule has 0 bridgehead atoms. The van der Waals surface area contributed by atoms with Crippen LogP contribution in [0.25, 0.3) is 0 Å². The van der Waals surface area contributed by atoms with Gasteiger partial charge in [0.2, 0.25) is 0 Å². The Balaban J connectivity index is 0.000000217. The van der Waals surface area contributed by atoms with Gasteiger partial charge >= 0.3 is 0 Å². The van der Waals surface area contributed by atoms with Crippen molar-refractivity contribution in [2.45, 2.75) is 0 Å². The van der Waals surface area contributed by atoms with E-state index in [1.54, 1.807) is 18.5 Å². The molecule has 0 saturated carbocycles. The molecule has 4 N–H and O–H groups in total. The molecule has 0 aromatic rings. The summed E-state index contributed by atoms with van der Waals surface area (Å²) in [5.41, 5.74) is 2.61. The SMILES string of the molecule is CS(=O)(=O)O.NN1N=CC=CN1. The highest BCUT2D eigenvalue weighted by Crippen LogP contribution is 1.76. The van der Waals surface area contributed by atoms with Gasteiger partial charge in [-0.05, 0) is 6.08 Å². The van der Waals surface area contributed by atoms with E-state index >= 15 is 0 Å². The van der Waals surface area contributed by atoms with Gasteiger partial charge in [0, 0.05) is 6.20 Å². The summed E-state index contributed by atoms with van der Waals surface area (Å²) in [6.07, 6.45) is 5.75. The molecule has 0 atom stereocenters. The Labute approximate surface area is 70.2 Å². The van der Waals surface area contributed by atoms with Gasteiger partial charge in [-0.1, -0.05) is 0 Å². The van der Waals surface area contributed by atoms with Crippen LogP contribution < -0.4 is 11.3 Å². The first-order valence-corrected chi connectivity index (χ1v) is 4.67. The van der Waals surface area contributed by atoms with E-state index in [0.29, 0.717) is 6.26 Å². The predicted octanol–water partition coefficient (Wildman–Crippen LogP) is -1.32. The third-order valence-electron chi connectivity index (χ3n) is 0.580. The average Bonchev–Trinajstić information content (AvgIpc) is 1.85. The van der Waals surface area contributed by atoms with Crippen LogP contribution in [0.5, 0.6) is 0 Å². The smallest absolute Gasteiger partial charge is 0.261 e. The molecule has 0 amide bonds. The number of hydrogen-bond acceptors (Lipinski definition) is 6. The molecule has 1 heterocycles. The minimum atomic E-state index is -3.67. The van der Waals surface area contributed by atoms with Crippen LogP contribution >= 0.6 is 0 Å². The minimum Gasteiger partial charge on any atom is -0.286 e. The number of hydrazone groups is 1. The van der Waals surface area contributed by atoms with Crippen LogP contribution in [0.3, 0.4) is 0 Å². The zero-order chi connectivity index (χ0) is 9.61. The normalized spacial score (nSPS) is 14.8. The Morgan fingerprint density at radius 2 is 2.17 bits per heavy atom. The van der Waals surface area contributed by atoms with Gasteiger partial charge in [0.15, 0.2) is 0 Å². The van der Waals surface area contributed by atoms with Gasteiger partial charge in [-0.15, -0.1) is 10.3 Å². The van der Waals surface area contributed by atoms with Crippen molar-refractivity contribution in [3.8, 4) is 0 Å². The van der Waals surface area contributed by atoms with Crippen molar-refractivity contribution in [2.75, 3.05) is 6.26 Å². The highest BCUT2D eigenvalue weighted by atomic mass is 32.2. The molecular weight excluding hydrogens is 184 g/mol. The zero-order valence-electron chi connectivity index (χ0n) is 6.38. The summed E-state index contributed by atoms with van der Waals surface area (Å²) >= 11 is 0. The first kappa shape index (κ1) is 10.9. The summed E-state index contributed by atoms with van der Waals surface area (Å²) < 4.78 is 25.9. The van der Waals surface area contributed by atoms with Crippen LogP contribution in [0.4, 0.5) is 0 Å². The van der Waals surface area contributed by atoms with Gasteiger partial charge in [0.25, 0.3) is 10.1 Å². The van der Waals surface area contributed by atoms with Crippen molar-refractivity contribution in [3.05, 3.63) is 12.3 Å². The van der Waals surface area contributed by atoms with Crippen molar-refractivity contribution in [2.24, 2.45) is 10.9 Å². The minimum absolute atomic E-state index is 0.715. The lowest BCUT2D eigenvalue weighted by Gasteiger charge is -2.11. The highest BCUT2D eigenvalue weighted by molar-refractivity contribution is 7.85. The van der Waals surface area contributed by atoms with Gasteiger partial charge in [-0.25, -0.2) is 5.84 Å². The largest absolute Gasteiger partial charge is 0.286 e. The predicted molar refractivity (Wildman–Crippen MR) is 44.3 cm³/mol. The van der Waals surface area contributed by atoms with E-state index < -0.39 is 10.1 Å². The maximum atomic E-state index is 9.19. The first-order chi connectivity index (χ1) is 5.39. The molecule has 0 unspecified atom stereocenters. The number of allylic oxidation sites excluding steroid dienone is 1. The summed E-state index contributed by atoms with van der Waals surface area (Å²) in [5.74, 6) is 5.11. The van der Waals surface area contributed by atoms with E-state index in [4.69, 9.17) is 10.4 Å². The van der Waals surface area contributed by atoms with E-state index in [2.05, 4.69) is 10.5 Å². The van der Waals surface area contributed by atoms with Crippen LogP contribution in [-0.2, 0) is 10.1 Å². The Morgan fingerprint density at radius 1 is 1.67 bits per heavy atom. The van der Waals surface area contributed by atoms with E-state index in [1.807, 2.05) is 0 Å². The monoisotopic (exact) mass is 194 g/mol. The molecule has 0 radical (unpaired) electrons. The molecule has 70 valence electrons. The van der Waals surface area contributed by atoms with Crippen LogP contribution in [0.1, 0.15) is 0 Å². The molecule has 0 aromatic heterocycles. The zero-order valence-corrected chi connectivity index (χ0v) is 7.19. The summed E-state index contributed by atoms with van der Waals surface area (Å²) in [6.45, 7) is 0. The molecule has 7 nitrogen and oxygen atoms in total. The fourth-order valence-corrected chi connectivity index (χ4v) is 0.306. The molecule has 0 aliphatic carbocycles. The van der Waals surface area contributed by atoms with Crippen molar-refractivity contribution >= 4 is 16.3 Å². The average molecular weight is 194 g/mol. The van der Waals surface area contributed by atoms with Gasteiger partial charge in [0.05, 0.1) is 12.5 Å². The quantitative estimate of drug-likeness (QED) is 0.326. The third kappa shape index (κ3) is 11.6. The second-order valence-corrected chi connectivity index (χ2v) is 3.30. The van der Waals surface area contributed by atoms with Crippen molar-refractivity contribution in [1.82, 2.24) is 10.7 Å². The molecular formula is C4H10N4O3S. The molecule has 12 heavy (non-hydrogen) atoms. The Morgan fingerprint density at radius 3 is 2.33 bits per heavy atom. The lowest BCUT2D eigenvalue weighted by molar-refractivity contribution is 0.239. The Bertz CT molecular complexity index is 262. The number of hydrogen-bond donors (Lipinski definition) is 3. The maximum absolute atomic E-state index is 9.19. The Kier molecular flexibility index (Phi) is 4.26. The standard InChI is InChI=1S/C3H6N4.CH4O3S/c4-7-5-2-1-3-6-7;1-5(2,3)4/h1-3,5H,4H2;1H3,(H,2,3,4). The summed E-state index contributed by atoms with van der Waals surface area (Å²) in [4.78, 5) is 0. The van der Waals surface area contributed by atoms with E-state index in [0.717, 1.165) is 5.23 Å². The fraction of sp³-hybridized carbons (Fsp3) is 0.250. The molecule has 1 aliphatic rings. The molecule has 1 aliphatic heterocycles. The molecule has 8 heteroatoms. The van der Waals surface area contributed by atoms with E-state index in [9.17, 15) is 8.42 Å². The third-order valence-corrected chi connectivity index (χ3v) is 0.580. The van der Waals surface area contributed by atoms with Crippen LogP contribution in [0.15, 0.2) is 17.4 Å². The van der Waals surface area contributed by atoms with Crippen LogP contribution in [-0.4, -0.2) is 30.7 Å². The number of nitrogens with two attached hydrogens (primary N) is 1. The molecule has 0 saturated heterocycles. The number of hydrazine groups is 2. The summed E-state index contributed by atoms with van der Waals surface area (Å²) in [5, 5.41) is 4.74. The molecule has 0 fully saturated rings. The molecule has 0 spiro atoms. The topological polar surface area (TPSA) is 108 Å². The van der Waals surface area contributed by atoms with E-state index in [1.165, 1.54) is 0 Å². The van der Waals surface area contributed by atoms with Gasteiger partial charge < -0.3 is 0 Å². The van der Waals surface area contributed by atoms with Gasteiger partial charge in [-0.3, -0.25) is 9.98 Å². The van der Waals surface area contributed by atoms with Gasteiger partial charge in [-0.2, -0.15) is 8.42 Å².